The van der Waals surface area contributed by atoms with Crippen LogP contribution in [0.15, 0.2) is 42.9 Å². The number of aromatic nitrogens is 4. The molecular weight excluding hydrogens is 297 g/mol. The van der Waals surface area contributed by atoms with Gasteiger partial charge in [0.25, 0.3) is 0 Å². The third-order valence-corrected chi connectivity index (χ3v) is 4.28. The Morgan fingerprint density at radius 2 is 2.17 bits per heavy atom. The quantitative estimate of drug-likeness (QED) is 0.795. The van der Waals surface area contributed by atoms with Crippen LogP contribution in [-0.2, 0) is 6.54 Å². The number of nitrogens with zero attached hydrogens (tertiary/aromatic N) is 5. The minimum atomic E-state index is -0.858. The molecule has 0 bridgehead atoms. The van der Waals surface area contributed by atoms with Crippen molar-refractivity contribution in [2.24, 2.45) is 0 Å². The molecule has 1 aliphatic heterocycles. The van der Waals surface area contributed by atoms with Crippen molar-refractivity contribution in [1.82, 2.24) is 20.0 Å². The summed E-state index contributed by atoms with van der Waals surface area (Å²) in [4.78, 5) is 6.33. The van der Waals surface area contributed by atoms with Gasteiger partial charge < -0.3 is 10.0 Å². The van der Waals surface area contributed by atoms with Crippen LogP contribution in [0.2, 0.25) is 0 Å². The fourth-order valence-electron chi connectivity index (χ4n) is 3.19. The highest BCUT2D eigenvalue weighted by atomic mass is 19.1. The summed E-state index contributed by atoms with van der Waals surface area (Å²) in [6, 6.07) is 6.50. The van der Waals surface area contributed by atoms with Crippen molar-refractivity contribution in [2.45, 2.75) is 18.6 Å². The monoisotopic (exact) mass is 313 g/mol. The Morgan fingerprint density at radius 1 is 1.26 bits per heavy atom. The van der Waals surface area contributed by atoms with E-state index < -0.39 is 5.60 Å². The molecule has 118 valence electrons. The molecule has 1 N–H and O–H groups in total. The summed E-state index contributed by atoms with van der Waals surface area (Å²) in [6.07, 6.45) is 5.65. The second-order valence-electron chi connectivity index (χ2n) is 5.99. The fraction of sp³-hybridized carbons (Fsp3) is 0.312. The predicted molar refractivity (Wildman–Crippen MR) is 83.5 cm³/mol. The number of pyridine rings is 1. The number of aliphatic hydroxyl groups is 1. The molecule has 3 heterocycles. The number of halogens is 1. The number of rotatable bonds is 3. The van der Waals surface area contributed by atoms with Crippen LogP contribution in [0.3, 0.4) is 0 Å². The van der Waals surface area contributed by atoms with Gasteiger partial charge in [0.05, 0.1) is 18.3 Å². The lowest BCUT2D eigenvalue weighted by molar-refractivity contribution is 0.0409. The largest absolute Gasteiger partial charge is 0.386 e. The lowest BCUT2D eigenvalue weighted by Gasteiger charge is -2.24. The summed E-state index contributed by atoms with van der Waals surface area (Å²) >= 11 is 0. The zero-order valence-electron chi connectivity index (χ0n) is 12.4. The van der Waals surface area contributed by atoms with Crippen LogP contribution in [0.4, 0.5) is 10.1 Å². The van der Waals surface area contributed by atoms with E-state index in [1.165, 1.54) is 12.1 Å². The van der Waals surface area contributed by atoms with Gasteiger partial charge in [-0.05, 0) is 24.6 Å². The molecule has 6 nitrogen and oxygen atoms in total. The van der Waals surface area contributed by atoms with Crippen molar-refractivity contribution in [2.75, 3.05) is 18.0 Å². The Kier molecular flexibility index (Phi) is 3.23. The zero-order valence-corrected chi connectivity index (χ0v) is 12.4. The predicted octanol–water partition coefficient (Wildman–Crippen LogP) is 1.61. The number of anilines is 1. The van der Waals surface area contributed by atoms with Crippen LogP contribution in [0.25, 0.3) is 10.9 Å². The van der Waals surface area contributed by atoms with Gasteiger partial charge in [0.15, 0.2) is 0 Å². The van der Waals surface area contributed by atoms with E-state index in [1.807, 2.05) is 6.07 Å². The number of fused-ring (bicyclic) bond motifs is 1. The first kappa shape index (κ1) is 14.1. The Bertz CT molecular complexity index is 838. The molecule has 1 unspecified atom stereocenters. The van der Waals surface area contributed by atoms with Crippen LogP contribution < -0.4 is 4.90 Å². The van der Waals surface area contributed by atoms with Gasteiger partial charge in [-0.2, -0.15) is 0 Å². The van der Waals surface area contributed by atoms with E-state index in [-0.39, 0.29) is 5.82 Å². The molecule has 23 heavy (non-hydrogen) atoms. The van der Waals surface area contributed by atoms with Gasteiger partial charge in [-0.25, -0.2) is 9.07 Å². The highest BCUT2D eigenvalue weighted by molar-refractivity contribution is 5.91. The van der Waals surface area contributed by atoms with Crippen LogP contribution in [0.1, 0.15) is 6.42 Å². The average molecular weight is 313 g/mol. The highest BCUT2D eigenvalue weighted by Crippen LogP contribution is 2.32. The van der Waals surface area contributed by atoms with Crippen LogP contribution >= 0.6 is 0 Å². The van der Waals surface area contributed by atoms with Gasteiger partial charge in [0.1, 0.15) is 11.4 Å². The van der Waals surface area contributed by atoms with E-state index in [4.69, 9.17) is 0 Å². The molecule has 7 heteroatoms. The van der Waals surface area contributed by atoms with Crippen LogP contribution in [0.5, 0.6) is 0 Å². The number of β-amino-alcohol motifs (C(OH)–C–C–N with tert-alkyl or cyclic N) is 1. The van der Waals surface area contributed by atoms with Crippen LogP contribution in [-0.4, -0.2) is 43.8 Å². The van der Waals surface area contributed by atoms with Crippen molar-refractivity contribution in [3.05, 3.63) is 48.7 Å². The van der Waals surface area contributed by atoms with E-state index in [9.17, 15) is 9.50 Å². The summed E-state index contributed by atoms with van der Waals surface area (Å²) < 4.78 is 15.0. The molecule has 4 rings (SSSR count). The molecular formula is C16H16FN5O. The third kappa shape index (κ3) is 2.63. The zero-order chi connectivity index (χ0) is 15.9. The first-order valence-corrected chi connectivity index (χ1v) is 7.49. The first-order chi connectivity index (χ1) is 11.1. The molecule has 0 radical (unpaired) electrons. The molecule has 0 amide bonds. The lowest BCUT2D eigenvalue weighted by Crippen LogP contribution is -2.37. The van der Waals surface area contributed by atoms with Crippen molar-refractivity contribution in [3.63, 3.8) is 0 Å². The van der Waals surface area contributed by atoms with E-state index in [0.717, 1.165) is 17.6 Å². The molecule has 1 fully saturated rings. The minimum Gasteiger partial charge on any atom is -0.386 e. The summed E-state index contributed by atoms with van der Waals surface area (Å²) in [5, 5.41) is 19.4. The van der Waals surface area contributed by atoms with Crippen molar-refractivity contribution in [1.29, 1.82) is 0 Å². The second-order valence-corrected chi connectivity index (χ2v) is 5.99. The molecule has 1 saturated heterocycles. The molecule has 2 aromatic heterocycles. The number of benzene rings is 1. The minimum absolute atomic E-state index is 0.300. The fourth-order valence-corrected chi connectivity index (χ4v) is 3.19. The number of hydrogen-bond donors (Lipinski definition) is 1. The highest BCUT2D eigenvalue weighted by Gasteiger charge is 2.37. The standard InChI is InChI=1S/C16H16FN5O/c17-12-1-2-13-14(9-12)18-5-3-15(13)21-7-4-16(23,10-21)11-22-8-6-19-20-22/h1-3,5-6,8-9,23H,4,7,10-11H2. The van der Waals surface area contributed by atoms with Crippen molar-refractivity contribution < 1.29 is 9.50 Å². The van der Waals surface area contributed by atoms with Gasteiger partial charge in [-0.15, -0.1) is 5.10 Å². The van der Waals surface area contributed by atoms with Gasteiger partial charge in [-0.1, -0.05) is 5.21 Å². The molecule has 1 aromatic carbocycles. The van der Waals surface area contributed by atoms with Gasteiger partial charge >= 0.3 is 0 Å². The molecule has 0 aliphatic carbocycles. The van der Waals surface area contributed by atoms with E-state index in [0.29, 0.717) is 25.0 Å². The molecule has 0 spiro atoms. The van der Waals surface area contributed by atoms with Crippen molar-refractivity contribution in [3.8, 4) is 0 Å². The maximum Gasteiger partial charge on any atom is 0.125 e. The summed E-state index contributed by atoms with van der Waals surface area (Å²) in [5.41, 5.74) is 0.724. The second kappa shape index (κ2) is 5.27. The van der Waals surface area contributed by atoms with Crippen LogP contribution in [0, 0.1) is 5.82 Å². The van der Waals surface area contributed by atoms with E-state index in [2.05, 4.69) is 20.2 Å². The van der Waals surface area contributed by atoms with Gasteiger partial charge in [0, 0.05) is 42.6 Å². The Balaban J connectivity index is 1.62. The molecule has 1 atom stereocenters. The summed E-state index contributed by atoms with van der Waals surface area (Å²) in [5.74, 6) is -0.300. The van der Waals surface area contributed by atoms with Gasteiger partial charge in [-0.3, -0.25) is 4.98 Å². The van der Waals surface area contributed by atoms with E-state index >= 15 is 0 Å². The Labute approximate surface area is 132 Å². The Hall–Kier alpha value is -2.54. The third-order valence-electron chi connectivity index (χ3n) is 4.28. The average Bonchev–Trinajstić information content (AvgIpc) is 3.16. The molecule has 0 saturated carbocycles. The van der Waals surface area contributed by atoms with Crippen molar-refractivity contribution >= 4 is 16.6 Å². The maximum absolute atomic E-state index is 13.4. The SMILES string of the molecule is OC1(Cn2ccnn2)CCN(c2ccnc3cc(F)ccc23)C1. The molecule has 3 aromatic rings. The lowest BCUT2D eigenvalue weighted by atomic mass is 10.0. The van der Waals surface area contributed by atoms with Gasteiger partial charge in [0.2, 0.25) is 0 Å². The summed E-state index contributed by atoms with van der Waals surface area (Å²) in [6.45, 7) is 1.62. The maximum atomic E-state index is 13.4. The van der Waals surface area contributed by atoms with E-state index in [1.54, 1.807) is 29.3 Å². The first-order valence-electron chi connectivity index (χ1n) is 7.49. The topological polar surface area (TPSA) is 67.1 Å². The Morgan fingerprint density at radius 3 is 3.00 bits per heavy atom. The normalized spacial score (nSPS) is 21.2. The molecule has 1 aliphatic rings. The smallest absolute Gasteiger partial charge is 0.125 e. The number of hydrogen-bond acceptors (Lipinski definition) is 5. The summed E-state index contributed by atoms with van der Waals surface area (Å²) in [7, 11) is 0.